The fourth-order valence-corrected chi connectivity index (χ4v) is 4.39. The van der Waals surface area contributed by atoms with Crippen molar-refractivity contribution in [3.8, 4) is 33.8 Å². The summed E-state index contributed by atoms with van der Waals surface area (Å²) >= 11 is 0. The smallest absolute Gasteiger partial charge is 0.0972 e. The van der Waals surface area contributed by atoms with E-state index in [0.717, 1.165) is 33.8 Å². The Bertz CT molecular complexity index is 1260. The minimum absolute atomic E-state index is 0.919. The molecular weight excluding hydrogens is 376 g/mol. The number of nitrogens with zero attached hydrogens (tertiary/aromatic N) is 2. The van der Waals surface area contributed by atoms with Crippen LogP contribution in [0, 0.1) is 48.5 Å². The average Bonchev–Trinajstić information content (AvgIpc) is 2.69. The van der Waals surface area contributed by atoms with Crippen molar-refractivity contribution in [3.63, 3.8) is 0 Å². The molecule has 0 radical (unpaired) electrons. The number of hydrogen-bond acceptors (Lipinski definition) is 2. The Morgan fingerprint density at radius 1 is 0.484 bits per heavy atom. The van der Waals surface area contributed by atoms with Gasteiger partial charge < -0.3 is 0 Å². The van der Waals surface area contributed by atoms with Gasteiger partial charge in [0.1, 0.15) is 0 Å². The fraction of sp³-hybridized carbons (Fsp3) is 0.241. The Hall–Kier alpha value is -3.26. The van der Waals surface area contributed by atoms with Gasteiger partial charge in [-0.15, -0.1) is 0 Å². The van der Waals surface area contributed by atoms with Crippen LogP contribution in [0.5, 0.6) is 0 Å². The Balaban J connectivity index is 2.00. The van der Waals surface area contributed by atoms with Gasteiger partial charge in [0.15, 0.2) is 0 Å². The van der Waals surface area contributed by atoms with Gasteiger partial charge in [-0.25, -0.2) is 4.98 Å². The first-order valence-corrected chi connectivity index (χ1v) is 10.8. The lowest BCUT2D eigenvalue weighted by atomic mass is 9.96. The summed E-state index contributed by atoms with van der Waals surface area (Å²) in [4.78, 5) is 10.2. The molecule has 0 spiro atoms. The highest BCUT2D eigenvalue weighted by Crippen LogP contribution is 2.34. The molecule has 0 bridgehead atoms. The first-order chi connectivity index (χ1) is 14.7. The molecule has 1 heterocycles. The van der Waals surface area contributed by atoms with E-state index in [1.807, 2.05) is 6.20 Å². The molecule has 0 atom stereocenters. The number of hydrogen-bond donors (Lipinski definition) is 0. The van der Waals surface area contributed by atoms with Gasteiger partial charge in [-0.1, -0.05) is 40.5 Å². The Morgan fingerprint density at radius 3 is 1.52 bits per heavy atom. The number of rotatable bonds is 3. The molecule has 4 aromatic rings. The zero-order valence-electron chi connectivity index (χ0n) is 19.6. The molecule has 4 rings (SSSR count). The van der Waals surface area contributed by atoms with Gasteiger partial charge in [-0.2, -0.15) is 0 Å². The summed E-state index contributed by atoms with van der Waals surface area (Å²) in [5, 5.41) is 0. The van der Waals surface area contributed by atoms with Crippen LogP contribution in [0.4, 0.5) is 0 Å². The molecule has 0 N–H and O–H groups in total. The maximum Gasteiger partial charge on any atom is 0.0972 e. The standard InChI is InChI=1S/C29H30N2/c1-17-8-18(2)11-24(10-17)28-29(25-12-19(3)9-20(4)13-25)31-27(16-30-28)26-15-22(6)21(5)14-23(26)7/h8-16H,1-7H3. The first-order valence-electron chi connectivity index (χ1n) is 10.8. The van der Waals surface area contributed by atoms with E-state index in [1.165, 1.54) is 38.9 Å². The van der Waals surface area contributed by atoms with Crippen molar-refractivity contribution >= 4 is 0 Å². The van der Waals surface area contributed by atoms with Crippen LogP contribution in [0.3, 0.4) is 0 Å². The molecule has 0 saturated carbocycles. The monoisotopic (exact) mass is 406 g/mol. The predicted molar refractivity (Wildman–Crippen MR) is 131 cm³/mol. The molecule has 156 valence electrons. The Kier molecular flexibility index (Phi) is 5.49. The van der Waals surface area contributed by atoms with Gasteiger partial charge in [0.2, 0.25) is 0 Å². The van der Waals surface area contributed by atoms with Gasteiger partial charge in [0, 0.05) is 16.7 Å². The van der Waals surface area contributed by atoms with E-state index in [-0.39, 0.29) is 0 Å². The summed E-state index contributed by atoms with van der Waals surface area (Å²) in [6.45, 7) is 15.0. The second-order valence-electron chi connectivity index (χ2n) is 8.96. The minimum Gasteiger partial charge on any atom is -0.252 e. The van der Waals surface area contributed by atoms with E-state index in [2.05, 4.69) is 97.0 Å². The highest BCUT2D eigenvalue weighted by atomic mass is 14.8. The van der Waals surface area contributed by atoms with E-state index in [1.54, 1.807) is 0 Å². The minimum atomic E-state index is 0.919. The molecule has 0 aliphatic carbocycles. The van der Waals surface area contributed by atoms with Crippen molar-refractivity contribution in [1.82, 2.24) is 9.97 Å². The maximum absolute atomic E-state index is 5.20. The molecule has 1 aromatic heterocycles. The SMILES string of the molecule is Cc1cc(C)cc(-c2ncc(-c3cc(C)c(C)cc3C)nc2-c2cc(C)cc(C)c2)c1. The molecule has 31 heavy (non-hydrogen) atoms. The topological polar surface area (TPSA) is 25.8 Å². The lowest BCUT2D eigenvalue weighted by molar-refractivity contribution is 1.19. The number of aromatic nitrogens is 2. The number of benzene rings is 3. The summed E-state index contributed by atoms with van der Waals surface area (Å²) in [7, 11) is 0. The molecule has 0 unspecified atom stereocenters. The maximum atomic E-state index is 5.20. The van der Waals surface area contributed by atoms with Crippen LogP contribution in [-0.4, -0.2) is 9.97 Å². The van der Waals surface area contributed by atoms with E-state index >= 15 is 0 Å². The zero-order chi connectivity index (χ0) is 22.3. The quantitative estimate of drug-likeness (QED) is 0.349. The molecule has 2 nitrogen and oxygen atoms in total. The highest BCUT2D eigenvalue weighted by Gasteiger charge is 2.16. The molecule has 0 aliphatic rings. The molecule has 3 aromatic carbocycles. The fourth-order valence-electron chi connectivity index (χ4n) is 4.39. The highest BCUT2D eigenvalue weighted by molar-refractivity contribution is 5.81. The Labute approximate surface area is 186 Å². The van der Waals surface area contributed by atoms with E-state index < -0.39 is 0 Å². The summed E-state index contributed by atoms with van der Waals surface area (Å²) in [6, 6.07) is 17.7. The molecule has 2 heteroatoms. The lowest BCUT2D eigenvalue weighted by Crippen LogP contribution is -1.99. The van der Waals surface area contributed by atoms with Gasteiger partial charge in [0.05, 0.1) is 23.3 Å². The summed E-state index contributed by atoms with van der Waals surface area (Å²) in [5.41, 5.74) is 14.9. The van der Waals surface area contributed by atoms with Crippen molar-refractivity contribution in [2.45, 2.75) is 48.5 Å². The van der Waals surface area contributed by atoms with Crippen LogP contribution in [0.15, 0.2) is 54.7 Å². The van der Waals surface area contributed by atoms with Gasteiger partial charge in [-0.3, -0.25) is 4.98 Å². The molecule has 0 amide bonds. The molecular formula is C29H30N2. The third kappa shape index (κ3) is 4.29. The van der Waals surface area contributed by atoms with Crippen molar-refractivity contribution in [1.29, 1.82) is 0 Å². The largest absolute Gasteiger partial charge is 0.252 e. The molecule has 0 fully saturated rings. The first kappa shape index (κ1) is 21.0. The average molecular weight is 407 g/mol. The van der Waals surface area contributed by atoms with Crippen LogP contribution < -0.4 is 0 Å². The zero-order valence-corrected chi connectivity index (χ0v) is 19.6. The van der Waals surface area contributed by atoms with Crippen molar-refractivity contribution < 1.29 is 0 Å². The predicted octanol–water partition coefficient (Wildman–Crippen LogP) is 7.64. The van der Waals surface area contributed by atoms with Crippen LogP contribution in [0.25, 0.3) is 33.8 Å². The normalized spacial score (nSPS) is 11.1. The molecule has 0 saturated heterocycles. The summed E-state index contributed by atoms with van der Waals surface area (Å²) in [6.07, 6.45) is 1.93. The van der Waals surface area contributed by atoms with Crippen LogP contribution in [-0.2, 0) is 0 Å². The lowest BCUT2D eigenvalue weighted by Gasteiger charge is -2.15. The van der Waals surface area contributed by atoms with Crippen molar-refractivity contribution in [2.24, 2.45) is 0 Å². The molecule has 0 aliphatic heterocycles. The second-order valence-corrected chi connectivity index (χ2v) is 8.96. The van der Waals surface area contributed by atoms with Crippen molar-refractivity contribution in [2.75, 3.05) is 0 Å². The third-order valence-corrected chi connectivity index (χ3v) is 5.88. The van der Waals surface area contributed by atoms with Crippen LogP contribution >= 0.6 is 0 Å². The van der Waals surface area contributed by atoms with Crippen LogP contribution in [0.1, 0.15) is 38.9 Å². The van der Waals surface area contributed by atoms with E-state index in [4.69, 9.17) is 9.97 Å². The van der Waals surface area contributed by atoms with E-state index in [9.17, 15) is 0 Å². The third-order valence-electron chi connectivity index (χ3n) is 5.88. The Morgan fingerprint density at radius 2 is 0.968 bits per heavy atom. The number of aryl methyl sites for hydroxylation is 7. The van der Waals surface area contributed by atoms with Gasteiger partial charge in [-0.05, 0) is 95.5 Å². The van der Waals surface area contributed by atoms with Gasteiger partial charge in [0.25, 0.3) is 0 Å². The van der Waals surface area contributed by atoms with E-state index in [0.29, 0.717) is 0 Å². The summed E-state index contributed by atoms with van der Waals surface area (Å²) < 4.78 is 0. The van der Waals surface area contributed by atoms with Gasteiger partial charge >= 0.3 is 0 Å². The van der Waals surface area contributed by atoms with Crippen molar-refractivity contribution in [3.05, 3.63) is 93.7 Å². The second kappa shape index (κ2) is 8.11. The van der Waals surface area contributed by atoms with Crippen LogP contribution in [0.2, 0.25) is 0 Å². The summed E-state index contributed by atoms with van der Waals surface area (Å²) in [5.74, 6) is 0.